The van der Waals surface area contributed by atoms with Gasteiger partial charge in [0, 0.05) is 29.4 Å². The van der Waals surface area contributed by atoms with Crippen LogP contribution >= 0.6 is 0 Å². The number of hydrogen-bond donors (Lipinski definition) is 1. The van der Waals surface area contributed by atoms with Crippen LogP contribution in [0.4, 0.5) is 0 Å². The van der Waals surface area contributed by atoms with Crippen LogP contribution in [0.1, 0.15) is 47.5 Å². The summed E-state index contributed by atoms with van der Waals surface area (Å²) in [7, 11) is 0. The van der Waals surface area contributed by atoms with Crippen molar-refractivity contribution < 1.29 is 14.3 Å². The van der Waals surface area contributed by atoms with E-state index in [2.05, 4.69) is 44.5 Å². The fourth-order valence-electron chi connectivity index (χ4n) is 3.39. The molecule has 0 saturated carbocycles. The summed E-state index contributed by atoms with van der Waals surface area (Å²) in [6, 6.07) is 0.0859. The lowest BCUT2D eigenvalue weighted by Crippen LogP contribution is -2.62. The highest BCUT2D eigenvalue weighted by Crippen LogP contribution is 2.38. The number of esters is 1. The van der Waals surface area contributed by atoms with Crippen molar-refractivity contribution in [3.63, 3.8) is 0 Å². The predicted octanol–water partition coefficient (Wildman–Crippen LogP) is 2.39. The van der Waals surface area contributed by atoms with E-state index in [0.29, 0.717) is 6.61 Å². The summed E-state index contributed by atoms with van der Waals surface area (Å²) in [5.41, 5.74) is -0.381. The van der Waals surface area contributed by atoms with Crippen LogP contribution in [0, 0.1) is 0 Å². The fraction of sp³-hybridized carbons (Fsp3) is 0.647. The number of likely N-dealkylation sites (tertiary alicyclic amines) is 1. The van der Waals surface area contributed by atoms with E-state index in [-0.39, 0.29) is 29.0 Å². The van der Waals surface area contributed by atoms with Gasteiger partial charge >= 0.3 is 5.97 Å². The lowest BCUT2D eigenvalue weighted by Gasteiger charge is -2.55. The van der Waals surface area contributed by atoms with Gasteiger partial charge in [-0.2, -0.15) is 0 Å². The van der Waals surface area contributed by atoms with Crippen molar-refractivity contribution in [3.05, 3.63) is 24.9 Å². The van der Waals surface area contributed by atoms with E-state index in [1.54, 1.807) is 6.92 Å². The van der Waals surface area contributed by atoms with Crippen LogP contribution in [0.2, 0.25) is 0 Å². The number of nitrogens with zero attached hydrogens (tertiary/aromatic N) is 1. The first-order chi connectivity index (χ1) is 10.1. The topological polar surface area (TPSA) is 58.6 Å². The third-order valence-corrected chi connectivity index (χ3v) is 3.97. The van der Waals surface area contributed by atoms with Crippen molar-refractivity contribution in [2.45, 2.75) is 64.6 Å². The highest BCUT2D eigenvalue weighted by Gasteiger charge is 2.43. The average Bonchev–Trinajstić information content (AvgIpc) is 2.35. The molecule has 1 aliphatic rings. The first kappa shape index (κ1) is 18.3. The second-order valence-corrected chi connectivity index (χ2v) is 6.88. The van der Waals surface area contributed by atoms with E-state index < -0.39 is 0 Å². The lowest BCUT2D eigenvalue weighted by atomic mass is 9.77. The molecule has 5 nitrogen and oxygen atoms in total. The Labute approximate surface area is 133 Å². The third kappa shape index (κ3) is 4.61. The van der Waals surface area contributed by atoms with E-state index in [1.165, 1.54) is 12.2 Å². The molecule has 0 spiro atoms. The van der Waals surface area contributed by atoms with E-state index in [9.17, 15) is 9.59 Å². The molecule has 0 aromatic heterocycles. The Morgan fingerprint density at radius 1 is 1.27 bits per heavy atom. The third-order valence-electron chi connectivity index (χ3n) is 3.97. The zero-order valence-electron chi connectivity index (χ0n) is 14.3. The zero-order valence-corrected chi connectivity index (χ0v) is 14.3. The Bertz CT molecular complexity index is 449. The van der Waals surface area contributed by atoms with Crippen LogP contribution in [-0.4, -0.2) is 40.5 Å². The highest BCUT2D eigenvalue weighted by atomic mass is 16.5. The molecule has 0 aromatic carbocycles. The summed E-state index contributed by atoms with van der Waals surface area (Å²) in [6.07, 6.45) is 6.17. The number of piperidine rings is 1. The van der Waals surface area contributed by atoms with Gasteiger partial charge in [0.2, 0.25) is 5.91 Å². The number of ether oxygens (including phenoxy) is 1. The minimum Gasteiger partial charge on any atom is -0.463 e. The quantitative estimate of drug-likeness (QED) is 0.626. The Morgan fingerprint density at radius 3 is 2.27 bits per heavy atom. The van der Waals surface area contributed by atoms with Crippen LogP contribution in [-0.2, 0) is 14.3 Å². The summed E-state index contributed by atoms with van der Waals surface area (Å²) >= 11 is 0. The van der Waals surface area contributed by atoms with Gasteiger partial charge in [-0.25, -0.2) is 4.79 Å². The van der Waals surface area contributed by atoms with Gasteiger partial charge in [-0.15, -0.1) is 0 Å². The number of hydrogen-bond acceptors (Lipinski definition) is 4. The van der Waals surface area contributed by atoms with Crippen molar-refractivity contribution in [3.8, 4) is 0 Å². The number of rotatable bonds is 5. The maximum Gasteiger partial charge on any atom is 0.332 e. The summed E-state index contributed by atoms with van der Waals surface area (Å²) in [5.74, 6) is -0.483. The Morgan fingerprint density at radius 2 is 1.82 bits per heavy atom. The number of carbonyl (C=O) groups is 2. The zero-order chi connectivity index (χ0) is 17.0. The van der Waals surface area contributed by atoms with Gasteiger partial charge in [0.1, 0.15) is 0 Å². The van der Waals surface area contributed by atoms with Gasteiger partial charge in [-0.3, -0.25) is 4.79 Å². The molecule has 0 radical (unpaired) electrons. The van der Waals surface area contributed by atoms with E-state index >= 15 is 0 Å². The van der Waals surface area contributed by atoms with Crippen LogP contribution in [0.15, 0.2) is 24.9 Å². The molecule has 0 atom stereocenters. The molecule has 0 aliphatic carbocycles. The SMILES string of the molecule is C=CC(=O)NC1CC(C)(C)N(C=CC(=O)OCC)C(C)(C)C1. The monoisotopic (exact) mass is 308 g/mol. The molecule has 1 heterocycles. The summed E-state index contributed by atoms with van der Waals surface area (Å²) in [5, 5.41) is 2.99. The normalized spacial score (nSPS) is 20.7. The number of nitrogens with one attached hydrogen (secondary N) is 1. The molecule has 124 valence electrons. The molecule has 1 fully saturated rings. The molecule has 1 aliphatic heterocycles. The number of carbonyl (C=O) groups excluding carboxylic acids is 2. The molecule has 0 aromatic rings. The van der Waals surface area contributed by atoms with Crippen molar-refractivity contribution in [1.82, 2.24) is 10.2 Å². The van der Waals surface area contributed by atoms with Gasteiger partial charge in [0.15, 0.2) is 0 Å². The standard InChI is InChI=1S/C17H28N2O3/c1-7-14(20)18-13-11-16(3,4)19(17(5,6)12-13)10-9-15(21)22-8-2/h7,9-10,13H,1,8,11-12H2,2-6H3,(H,18,20). The lowest BCUT2D eigenvalue weighted by molar-refractivity contribution is -0.137. The van der Waals surface area contributed by atoms with Gasteiger partial charge in [-0.1, -0.05) is 6.58 Å². The molecule has 1 N–H and O–H groups in total. The fourth-order valence-corrected chi connectivity index (χ4v) is 3.39. The molecule has 0 bridgehead atoms. The first-order valence-corrected chi connectivity index (χ1v) is 7.69. The van der Waals surface area contributed by atoms with Gasteiger partial charge in [0.05, 0.1) is 6.61 Å². The van der Waals surface area contributed by atoms with E-state index in [0.717, 1.165) is 12.8 Å². The van der Waals surface area contributed by atoms with Crippen LogP contribution in [0.5, 0.6) is 0 Å². The predicted molar refractivity (Wildman–Crippen MR) is 87.1 cm³/mol. The summed E-state index contributed by atoms with van der Waals surface area (Å²) in [4.78, 5) is 25.3. The molecule has 5 heteroatoms. The molecule has 1 rings (SSSR count). The van der Waals surface area contributed by atoms with E-state index in [1.807, 2.05) is 6.20 Å². The summed E-state index contributed by atoms with van der Waals surface area (Å²) in [6.45, 7) is 14.1. The van der Waals surface area contributed by atoms with Crippen LogP contribution < -0.4 is 5.32 Å². The average molecular weight is 308 g/mol. The van der Waals surface area contributed by atoms with Gasteiger partial charge < -0.3 is 15.0 Å². The van der Waals surface area contributed by atoms with E-state index in [4.69, 9.17) is 4.74 Å². The second-order valence-electron chi connectivity index (χ2n) is 6.88. The molecular weight excluding hydrogens is 280 g/mol. The molecule has 1 saturated heterocycles. The van der Waals surface area contributed by atoms with Gasteiger partial charge in [-0.05, 0) is 53.5 Å². The van der Waals surface area contributed by atoms with Gasteiger partial charge in [0.25, 0.3) is 0 Å². The highest BCUT2D eigenvalue weighted by molar-refractivity contribution is 5.87. The Hall–Kier alpha value is -1.78. The van der Waals surface area contributed by atoms with Crippen LogP contribution in [0.25, 0.3) is 0 Å². The van der Waals surface area contributed by atoms with Crippen molar-refractivity contribution in [2.24, 2.45) is 0 Å². The minimum atomic E-state index is -0.337. The molecule has 1 amide bonds. The largest absolute Gasteiger partial charge is 0.463 e. The minimum absolute atomic E-state index is 0.0859. The molecular formula is C17H28N2O3. The second kappa shape index (κ2) is 6.99. The molecule has 22 heavy (non-hydrogen) atoms. The van der Waals surface area contributed by atoms with Crippen molar-refractivity contribution in [2.75, 3.05) is 6.61 Å². The number of amides is 1. The Balaban J connectivity index is 2.89. The van der Waals surface area contributed by atoms with Crippen molar-refractivity contribution in [1.29, 1.82) is 0 Å². The Kier molecular flexibility index (Phi) is 5.80. The maximum atomic E-state index is 11.6. The smallest absolute Gasteiger partial charge is 0.332 e. The van der Waals surface area contributed by atoms with Crippen molar-refractivity contribution >= 4 is 11.9 Å². The maximum absolute atomic E-state index is 11.6. The first-order valence-electron chi connectivity index (χ1n) is 7.69. The summed E-state index contributed by atoms with van der Waals surface area (Å²) < 4.78 is 4.94. The molecule has 0 unspecified atom stereocenters. The van der Waals surface area contributed by atoms with Crippen LogP contribution in [0.3, 0.4) is 0 Å².